The molecule has 0 fully saturated rings. The smallest absolute Gasteiger partial charge is 0.269 e. The van der Waals surface area contributed by atoms with Gasteiger partial charge >= 0.3 is 0 Å². The second-order valence-corrected chi connectivity index (χ2v) is 6.97. The van der Waals surface area contributed by atoms with Crippen molar-refractivity contribution in [3.63, 3.8) is 0 Å². The summed E-state index contributed by atoms with van der Waals surface area (Å²) in [4.78, 5) is 22.1. The number of nitrogens with zero attached hydrogens (tertiary/aromatic N) is 3. The van der Waals surface area contributed by atoms with Crippen LogP contribution in [0, 0.1) is 10.1 Å². The van der Waals surface area contributed by atoms with Crippen LogP contribution in [0.4, 0.5) is 10.8 Å². The van der Waals surface area contributed by atoms with E-state index in [1.54, 1.807) is 18.2 Å². The van der Waals surface area contributed by atoms with Crippen LogP contribution in [0.5, 0.6) is 0 Å². The zero-order chi connectivity index (χ0) is 19.2. The van der Waals surface area contributed by atoms with Crippen molar-refractivity contribution in [1.29, 1.82) is 0 Å². The van der Waals surface area contributed by atoms with E-state index in [1.807, 2.05) is 24.3 Å². The summed E-state index contributed by atoms with van der Waals surface area (Å²) in [5, 5.41) is 23.1. The number of nitro groups is 1. The van der Waals surface area contributed by atoms with E-state index in [0.29, 0.717) is 22.1 Å². The van der Waals surface area contributed by atoms with Gasteiger partial charge in [-0.15, -0.1) is 10.2 Å². The Labute approximate surface area is 163 Å². The van der Waals surface area contributed by atoms with Crippen molar-refractivity contribution in [3.05, 3.63) is 85.9 Å². The molecule has 0 unspecified atom stereocenters. The molecule has 1 heterocycles. The van der Waals surface area contributed by atoms with Crippen molar-refractivity contribution in [3.8, 4) is 0 Å². The molecule has 2 aromatic carbocycles. The highest BCUT2D eigenvalue weighted by Gasteiger charge is 2.08. The van der Waals surface area contributed by atoms with E-state index in [4.69, 9.17) is 11.6 Å². The van der Waals surface area contributed by atoms with Gasteiger partial charge in [0, 0.05) is 29.7 Å². The number of anilines is 1. The van der Waals surface area contributed by atoms with Gasteiger partial charge in [0.05, 0.1) is 4.92 Å². The Morgan fingerprint density at radius 1 is 1.15 bits per heavy atom. The zero-order valence-electron chi connectivity index (χ0n) is 13.8. The first-order valence-corrected chi connectivity index (χ1v) is 8.99. The molecule has 27 heavy (non-hydrogen) atoms. The van der Waals surface area contributed by atoms with Gasteiger partial charge in [-0.25, -0.2) is 0 Å². The minimum Gasteiger partial charge on any atom is -0.297 e. The first kappa shape index (κ1) is 18.7. The number of hydrogen-bond donors (Lipinski definition) is 1. The SMILES string of the molecule is O=C(/C=C/c1ccc([N+](=O)[O-])cc1)Nc1nnc(Cc2ccc(Cl)cc2)s1. The maximum Gasteiger partial charge on any atom is 0.269 e. The number of aromatic nitrogens is 2. The van der Waals surface area contributed by atoms with Crippen LogP contribution in [-0.2, 0) is 11.2 Å². The van der Waals surface area contributed by atoms with Crippen LogP contribution in [0.15, 0.2) is 54.6 Å². The fourth-order valence-corrected chi connectivity index (χ4v) is 3.08. The second kappa shape index (κ2) is 8.52. The van der Waals surface area contributed by atoms with Gasteiger partial charge in [-0.2, -0.15) is 0 Å². The van der Waals surface area contributed by atoms with Crippen molar-refractivity contribution < 1.29 is 9.72 Å². The molecule has 0 spiro atoms. The van der Waals surface area contributed by atoms with E-state index in [1.165, 1.54) is 29.5 Å². The number of amides is 1. The fraction of sp³-hybridized carbons (Fsp3) is 0.0556. The molecule has 0 bridgehead atoms. The Balaban J connectivity index is 1.57. The molecule has 3 rings (SSSR count). The molecule has 0 aliphatic carbocycles. The van der Waals surface area contributed by atoms with Gasteiger partial charge in [0.15, 0.2) is 0 Å². The van der Waals surface area contributed by atoms with E-state index in [0.717, 1.165) is 10.6 Å². The number of carbonyl (C=O) groups is 1. The van der Waals surface area contributed by atoms with Gasteiger partial charge in [-0.3, -0.25) is 20.2 Å². The molecule has 9 heteroatoms. The molecule has 0 saturated carbocycles. The molecule has 1 amide bonds. The van der Waals surface area contributed by atoms with Crippen LogP contribution in [0.25, 0.3) is 6.08 Å². The van der Waals surface area contributed by atoms with Crippen LogP contribution in [0.3, 0.4) is 0 Å². The first-order valence-electron chi connectivity index (χ1n) is 7.80. The molecule has 136 valence electrons. The summed E-state index contributed by atoms with van der Waals surface area (Å²) in [6, 6.07) is 13.3. The molecule has 1 N–H and O–H groups in total. The summed E-state index contributed by atoms with van der Waals surface area (Å²) >= 11 is 7.15. The summed E-state index contributed by atoms with van der Waals surface area (Å²) < 4.78 is 0. The third-order valence-electron chi connectivity index (χ3n) is 3.50. The first-order chi connectivity index (χ1) is 13.0. The molecule has 7 nitrogen and oxygen atoms in total. The Bertz CT molecular complexity index is 985. The van der Waals surface area contributed by atoms with Crippen molar-refractivity contribution >= 4 is 45.7 Å². The highest BCUT2D eigenvalue weighted by atomic mass is 35.5. The largest absolute Gasteiger partial charge is 0.297 e. The highest BCUT2D eigenvalue weighted by Crippen LogP contribution is 2.20. The zero-order valence-corrected chi connectivity index (χ0v) is 15.4. The summed E-state index contributed by atoms with van der Waals surface area (Å²) in [5.74, 6) is -0.359. The van der Waals surface area contributed by atoms with E-state index in [-0.39, 0.29) is 11.6 Å². The topological polar surface area (TPSA) is 98.0 Å². The van der Waals surface area contributed by atoms with Gasteiger partial charge in [0.2, 0.25) is 11.0 Å². The molecular weight excluding hydrogens is 388 g/mol. The quantitative estimate of drug-likeness (QED) is 0.377. The Hall–Kier alpha value is -3.10. The van der Waals surface area contributed by atoms with Gasteiger partial charge in [0.1, 0.15) is 5.01 Å². The van der Waals surface area contributed by atoms with Crippen LogP contribution in [-0.4, -0.2) is 21.0 Å². The molecule has 1 aromatic heterocycles. The number of hydrogen-bond acceptors (Lipinski definition) is 6. The van der Waals surface area contributed by atoms with Crippen molar-refractivity contribution in [1.82, 2.24) is 10.2 Å². The average molecular weight is 401 g/mol. The Morgan fingerprint density at radius 2 is 1.85 bits per heavy atom. The van der Waals surface area contributed by atoms with Gasteiger partial charge < -0.3 is 0 Å². The number of benzene rings is 2. The fourth-order valence-electron chi connectivity index (χ4n) is 2.18. The third-order valence-corrected chi connectivity index (χ3v) is 4.59. The minimum absolute atomic E-state index is 0.00122. The number of nitrogens with one attached hydrogen (secondary N) is 1. The molecule has 0 aliphatic heterocycles. The molecule has 3 aromatic rings. The normalized spacial score (nSPS) is 10.9. The number of halogens is 1. The maximum absolute atomic E-state index is 12.0. The van der Waals surface area contributed by atoms with E-state index in [2.05, 4.69) is 15.5 Å². The van der Waals surface area contributed by atoms with E-state index in [9.17, 15) is 14.9 Å². The van der Waals surface area contributed by atoms with Crippen LogP contribution >= 0.6 is 22.9 Å². The Morgan fingerprint density at radius 3 is 2.52 bits per heavy atom. The predicted molar refractivity (Wildman–Crippen MR) is 105 cm³/mol. The summed E-state index contributed by atoms with van der Waals surface area (Å²) in [5.41, 5.74) is 1.72. The van der Waals surface area contributed by atoms with Gasteiger partial charge in [0.25, 0.3) is 5.69 Å². The van der Waals surface area contributed by atoms with Crippen LogP contribution in [0.1, 0.15) is 16.1 Å². The number of non-ortho nitro benzene ring substituents is 1. The molecule has 0 atom stereocenters. The minimum atomic E-state index is -0.475. The number of rotatable bonds is 6. The van der Waals surface area contributed by atoms with E-state index < -0.39 is 4.92 Å². The summed E-state index contributed by atoms with van der Waals surface area (Å²) in [6.07, 6.45) is 3.50. The van der Waals surface area contributed by atoms with Crippen LogP contribution < -0.4 is 5.32 Å². The highest BCUT2D eigenvalue weighted by molar-refractivity contribution is 7.15. The lowest BCUT2D eigenvalue weighted by Gasteiger charge is -1.97. The van der Waals surface area contributed by atoms with E-state index >= 15 is 0 Å². The van der Waals surface area contributed by atoms with Crippen molar-refractivity contribution in [2.45, 2.75) is 6.42 Å². The van der Waals surface area contributed by atoms with Crippen molar-refractivity contribution in [2.75, 3.05) is 5.32 Å². The summed E-state index contributed by atoms with van der Waals surface area (Å²) in [6.45, 7) is 0. The molecular formula is C18H13ClN4O3S. The lowest BCUT2D eigenvalue weighted by Crippen LogP contribution is -2.07. The van der Waals surface area contributed by atoms with Gasteiger partial charge in [-0.05, 0) is 41.5 Å². The van der Waals surface area contributed by atoms with Gasteiger partial charge in [-0.1, -0.05) is 35.1 Å². The molecule has 0 radical (unpaired) electrons. The lowest BCUT2D eigenvalue weighted by atomic mass is 10.2. The third kappa shape index (κ3) is 5.44. The lowest BCUT2D eigenvalue weighted by molar-refractivity contribution is -0.384. The number of carbonyl (C=O) groups excluding carboxylic acids is 1. The maximum atomic E-state index is 12.0. The standard InChI is InChI=1S/C18H13ClN4O3S/c19-14-6-1-13(2-7-14)11-17-21-22-18(27-17)20-16(24)10-5-12-3-8-15(9-4-12)23(25)26/h1-10H,11H2,(H,20,22,24)/b10-5+. The van der Waals surface area contributed by atoms with Crippen molar-refractivity contribution in [2.24, 2.45) is 0 Å². The predicted octanol–water partition coefficient (Wildman–Crippen LogP) is 4.34. The molecule has 0 aliphatic rings. The summed E-state index contributed by atoms with van der Waals surface area (Å²) in [7, 11) is 0. The second-order valence-electron chi connectivity index (χ2n) is 5.48. The molecule has 0 saturated heterocycles. The average Bonchev–Trinajstić information content (AvgIpc) is 3.09. The van der Waals surface area contributed by atoms with Crippen LogP contribution in [0.2, 0.25) is 5.02 Å². The number of nitro benzene ring substituents is 1. The Kier molecular flexibility index (Phi) is 5.90. The monoisotopic (exact) mass is 400 g/mol.